The summed E-state index contributed by atoms with van der Waals surface area (Å²) >= 11 is 0. The number of benzene rings is 2. The Morgan fingerprint density at radius 1 is 1.18 bits per heavy atom. The molecule has 0 fully saturated rings. The van der Waals surface area contributed by atoms with Gasteiger partial charge in [-0.1, -0.05) is 24.3 Å². The summed E-state index contributed by atoms with van der Waals surface area (Å²) in [6.07, 6.45) is 1.62. The quantitative estimate of drug-likeness (QED) is 0.758. The maximum Gasteiger partial charge on any atom is 0.231 e. The van der Waals surface area contributed by atoms with Crippen LogP contribution in [-0.2, 0) is 12.8 Å². The van der Waals surface area contributed by atoms with E-state index in [2.05, 4.69) is 23.5 Å². The lowest BCUT2D eigenvalue weighted by Crippen LogP contribution is -2.34. The Morgan fingerprint density at radius 3 is 3.00 bits per heavy atom. The van der Waals surface area contributed by atoms with Gasteiger partial charge in [-0.3, -0.25) is 5.01 Å². The fraction of sp³-hybridized carbons (Fsp3) is 0.294. The lowest BCUT2D eigenvalue weighted by atomic mass is 9.77. The highest BCUT2D eigenvalue weighted by Gasteiger charge is 2.38. The highest BCUT2D eigenvalue weighted by molar-refractivity contribution is 5.83. The van der Waals surface area contributed by atoms with E-state index in [4.69, 9.17) is 9.47 Å². The first-order chi connectivity index (χ1) is 10.9. The Bertz CT molecular complexity index is 803. The van der Waals surface area contributed by atoms with Crippen LogP contribution in [0.15, 0.2) is 35.6 Å². The zero-order chi connectivity index (χ0) is 14.7. The largest absolute Gasteiger partial charge is 0.454 e. The van der Waals surface area contributed by atoms with Crippen molar-refractivity contribution >= 4 is 0 Å². The minimum absolute atomic E-state index is 0.000602. The minimum atomic E-state index is 0.000602. The van der Waals surface area contributed by atoms with Crippen molar-refractivity contribution in [3.05, 3.63) is 51.9 Å². The summed E-state index contributed by atoms with van der Waals surface area (Å²) in [7, 11) is 0. The first-order valence-electron chi connectivity index (χ1n) is 7.50. The zero-order valence-electron chi connectivity index (χ0n) is 11.9. The van der Waals surface area contributed by atoms with Crippen molar-refractivity contribution in [2.75, 3.05) is 13.3 Å². The van der Waals surface area contributed by atoms with Crippen molar-refractivity contribution in [3.63, 3.8) is 0 Å². The summed E-state index contributed by atoms with van der Waals surface area (Å²) in [5.41, 5.74) is 5.94. The number of nitrogens with zero attached hydrogens (tertiary/aromatic N) is 2. The highest BCUT2D eigenvalue weighted by Crippen LogP contribution is 2.53. The van der Waals surface area contributed by atoms with Crippen LogP contribution >= 0.6 is 0 Å². The van der Waals surface area contributed by atoms with Crippen molar-refractivity contribution in [2.45, 2.75) is 18.9 Å². The smallest absolute Gasteiger partial charge is 0.231 e. The Kier molecular flexibility index (Phi) is 2.31. The van der Waals surface area contributed by atoms with Gasteiger partial charge in [-0.15, -0.1) is 4.91 Å². The van der Waals surface area contributed by atoms with Gasteiger partial charge >= 0.3 is 0 Å². The SMILES string of the molecule is O=NN1CCc2cc3c(c4c2C1Cc1ccccc1-4)OCO3. The van der Waals surface area contributed by atoms with Crippen molar-refractivity contribution in [3.8, 4) is 22.6 Å². The van der Waals surface area contributed by atoms with E-state index in [9.17, 15) is 4.91 Å². The molecule has 3 aliphatic rings. The van der Waals surface area contributed by atoms with Crippen LogP contribution in [0.4, 0.5) is 0 Å². The van der Waals surface area contributed by atoms with Gasteiger partial charge in [0.2, 0.25) is 6.79 Å². The van der Waals surface area contributed by atoms with Gasteiger partial charge in [0.1, 0.15) is 0 Å². The van der Waals surface area contributed by atoms with E-state index in [1.807, 2.05) is 12.1 Å². The van der Waals surface area contributed by atoms with E-state index < -0.39 is 0 Å². The van der Waals surface area contributed by atoms with Crippen LogP contribution in [0.25, 0.3) is 11.1 Å². The third-order valence-electron chi connectivity index (χ3n) is 4.90. The van der Waals surface area contributed by atoms with Gasteiger partial charge in [-0.05, 0) is 41.2 Å². The van der Waals surface area contributed by atoms with Crippen LogP contribution in [0.3, 0.4) is 0 Å². The Labute approximate surface area is 127 Å². The van der Waals surface area contributed by atoms with Gasteiger partial charge in [-0.25, -0.2) is 0 Å². The molecule has 0 aromatic heterocycles. The van der Waals surface area contributed by atoms with E-state index >= 15 is 0 Å². The van der Waals surface area contributed by atoms with Crippen LogP contribution in [0.2, 0.25) is 0 Å². The molecule has 2 aromatic carbocycles. The molecule has 1 aliphatic carbocycles. The number of rotatable bonds is 1. The fourth-order valence-electron chi connectivity index (χ4n) is 3.96. The Balaban J connectivity index is 1.86. The molecule has 22 heavy (non-hydrogen) atoms. The van der Waals surface area contributed by atoms with E-state index in [1.165, 1.54) is 22.3 Å². The van der Waals surface area contributed by atoms with Crippen LogP contribution in [0, 0.1) is 4.91 Å². The number of hydrogen-bond acceptors (Lipinski definition) is 4. The maximum atomic E-state index is 11.2. The van der Waals surface area contributed by atoms with Crippen molar-refractivity contribution in [1.82, 2.24) is 5.01 Å². The van der Waals surface area contributed by atoms with Gasteiger partial charge in [-0.2, -0.15) is 0 Å². The third-order valence-corrected chi connectivity index (χ3v) is 4.90. The molecule has 0 bridgehead atoms. The standard InChI is InChI=1S/C17H14N2O3/c20-18-19-6-5-11-8-14-17(22-9-21-14)16-12-4-2-1-3-10(12)7-13(19)15(11)16/h1-4,8,13H,5-7,9H2. The summed E-state index contributed by atoms with van der Waals surface area (Å²) in [6, 6.07) is 10.4. The normalized spacial score (nSPS) is 20.4. The van der Waals surface area contributed by atoms with Gasteiger partial charge in [0.25, 0.3) is 0 Å². The van der Waals surface area contributed by atoms with E-state index in [1.54, 1.807) is 5.01 Å². The average Bonchev–Trinajstić information content (AvgIpc) is 3.03. The number of fused-ring (bicyclic) bond motifs is 4. The molecule has 0 saturated heterocycles. The van der Waals surface area contributed by atoms with Crippen LogP contribution in [0.5, 0.6) is 11.5 Å². The number of nitroso groups, excluding NO2 is 1. The molecule has 0 radical (unpaired) electrons. The summed E-state index contributed by atoms with van der Waals surface area (Å²) < 4.78 is 11.4. The molecular weight excluding hydrogens is 280 g/mol. The second-order valence-electron chi connectivity index (χ2n) is 5.93. The summed E-state index contributed by atoms with van der Waals surface area (Å²) in [5.74, 6) is 1.63. The van der Waals surface area contributed by atoms with E-state index in [0.717, 1.165) is 29.9 Å². The lowest BCUT2D eigenvalue weighted by Gasteiger charge is -2.38. The van der Waals surface area contributed by atoms with Crippen molar-refractivity contribution < 1.29 is 9.47 Å². The van der Waals surface area contributed by atoms with Crippen molar-refractivity contribution in [1.29, 1.82) is 0 Å². The van der Waals surface area contributed by atoms with Crippen LogP contribution in [-0.4, -0.2) is 18.3 Å². The molecule has 0 saturated carbocycles. The molecule has 2 aliphatic heterocycles. The fourth-order valence-corrected chi connectivity index (χ4v) is 3.96. The molecule has 2 aromatic rings. The first kappa shape index (κ1) is 12.0. The Morgan fingerprint density at radius 2 is 2.09 bits per heavy atom. The average molecular weight is 294 g/mol. The molecule has 5 rings (SSSR count). The maximum absolute atomic E-state index is 11.2. The molecule has 5 heteroatoms. The monoisotopic (exact) mass is 294 g/mol. The molecule has 110 valence electrons. The van der Waals surface area contributed by atoms with Crippen LogP contribution < -0.4 is 9.47 Å². The first-order valence-corrected chi connectivity index (χ1v) is 7.50. The summed E-state index contributed by atoms with van der Waals surface area (Å²) in [6.45, 7) is 0.913. The topological polar surface area (TPSA) is 51.1 Å². The van der Waals surface area contributed by atoms with Gasteiger partial charge in [0.05, 0.1) is 11.3 Å². The second-order valence-corrected chi connectivity index (χ2v) is 5.93. The molecule has 5 nitrogen and oxygen atoms in total. The molecule has 0 amide bonds. The lowest BCUT2D eigenvalue weighted by molar-refractivity contribution is 0.174. The molecular formula is C17H14N2O3. The molecule has 1 atom stereocenters. The summed E-state index contributed by atoms with van der Waals surface area (Å²) in [4.78, 5) is 11.2. The second kappa shape index (κ2) is 4.22. The molecule has 1 unspecified atom stereocenters. The Hall–Kier alpha value is -2.56. The van der Waals surface area contributed by atoms with Gasteiger partial charge < -0.3 is 9.47 Å². The molecule has 0 spiro atoms. The van der Waals surface area contributed by atoms with Crippen molar-refractivity contribution in [2.24, 2.45) is 5.29 Å². The molecule has 0 N–H and O–H groups in total. The number of hydrogen-bond donors (Lipinski definition) is 0. The third kappa shape index (κ3) is 1.43. The predicted molar refractivity (Wildman–Crippen MR) is 80.7 cm³/mol. The highest BCUT2D eigenvalue weighted by atomic mass is 16.7. The van der Waals surface area contributed by atoms with E-state index in [0.29, 0.717) is 6.54 Å². The zero-order valence-corrected chi connectivity index (χ0v) is 11.9. The predicted octanol–water partition coefficient (Wildman–Crippen LogP) is 3.22. The summed E-state index contributed by atoms with van der Waals surface area (Å²) in [5, 5.41) is 4.92. The van der Waals surface area contributed by atoms with E-state index in [-0.39, 0.29) is 12.8 Å². The van der Waals surface area contributed by atoms with Gasteiger partial charge in [0.15, 0.2) is 11.5 Å². The van der Waals surface area contributed by atoms with Crippen LogP contribution in [0.1, 0.15) is 22.7 Å². The number of ether oxygens (including phenoxy) is 2. The molecule has 2 heterocycles. The van der Waals surface area contributed by atoms with Gasteiger partial charge in [0, 0.05) is 12.1 Å². The minimum Gasteiger partial charge on any atom is -0.454 e.